The van der Waals surface area contributed by atoms with Gasteiger partial charge in [-0.1, -0.05) is 55.9 Å². The van der Waals surface area contributed by atoms with Gasteiger partial charge in [0.2, 0.25) is 11.8 Å². The van der Waals surface area contributed by atoms with E-state index in [-0.39, 0.29) is 53.8 Å². The Morgan fingerprint density at radius 2 is 1.70 bits per heavy atom. The minimum absolute atomic E-state index is 0.0259. The molecule has 7 unspecified atom stereocenters. The van der Waals surface area contributed by atoms with Crippen LogP contribution in [0.4, 0.5) is 5.82 Å². The van der Waals surface area contributed by atoms with E-state index in [0.717, 1.165) is 56.7 Å². The average Bonchev–Trinajstić information content (AvgIpc) is 3.94. The number of nitrogen functional groups attached to an aromatic ring is 1. The first-order valence-corrected chi connectivity index (χ1v) is 26.6. The van der Waals surface area contributed by atoms with Gasteiger partial charge in [0.25, 0.3) is 0 Å². The van der Waals surface area contributed by atoms with E-state index in [4.69, 9.17) is 24.3 Å². The lowest BCUT2D eigenvalue weighted by Gasteiger charge is -2.30. The van der Waals surface area contributed by atoms with Crippen molar-refractivity contribution in [2.45, 2.75) is 70.8 Å². The Hall–Kier alpha value is -4.66. The molecule has 1 fully saturated rings. The zero-order chi connectivity index (χ0) is 51.2. The number of benzene rings is 2. The van der Waals surface area contributed by atoms with Gasteiger partial charge in [0.15, 0.2) is 22.8 Å². The Labute approximate surface area is 403 Å². The van der Waals surface area contributed by atoms with Gasteiger partial charge in [-0.05, 0) is 36.2 Å². The van der Waals surface area contributed by atoms with Crippen LogP contribution >= 0.6 is 35.2 Å². The van der Waals surface area contributed by atoms with Gasteiger partial charge in [-0.2, -0.15) is 4.31 Å². The van der Waals surface area contributed by atoms with Crippen LogP contribution < -0.4 is 21.1 Å². The summed E-state index contributed by atoms with van der Waals surface area (Å²) in [6.45, 7) is 2.98. The van der Waals surface area contributed by atoms with Gasteiger partial charge in [0, 0.05) is 60.2 Å². The van der Waals surface area contributed by atoms with Crippen LogP contribution in [0.25, 0.3) is 22.1 Å². The summed E-state index contributed by atoms with van der Waals surface area (Å²) in [7, 11) is -14.9. The molecule has 4 heterocycles. The minimum Gasteiger partial charge on any atom is -0.497 e. The molecule has 10 N–H and O–H groups in total. The van der Waals surface area contributed by atoms with Gasteiger partial charge in [0.1, 0.15) is 42.0 Å². The first-order valence-electron chi connectivity index (χ1n) is 21.1. The first-order chi connectivity index (χ1) is 32.9. The topological polar surface area (TPSA) is 378 Å². The minimum atomic E-state index is -5.60. The summed E-state index contributed by atoms with van der Waals surface area (Å²) < 4.78 is 70.2. The Morgan fingerprint density at radius 1 is 0.986 bits per heavy atom. The molecule has 0 saturated carbocycles. The fourth-order valence-corrected chi connectivity index (χ4v) is 10.8. The SMILES string of the molecule is COc1ccc2c(c1)c(CC(=O)SCCNC(=O)CCNC(=O)C(O)C(C)(C)COP(=O)(O)OP(=O)(O)OCC1OC(n3cnc4c(N)ncnc43)C(O)C1OP(=O)(O)O)c(C)n2Cc1ccccc1. The third kappa shape index (κ3) is 14.1. The Morgan fingerprint density at radius 3 is 2.40 bits per heavy atom. The molecule has 0 aliphatic carbocycles. The lowest BCUT2D eigenvalue weighted by molar-refractivity contribution is -0.137. The molecule has 2 aromatic carbocycles. The van der Waals surface area contributed by atoms with E-state index >= 15 is 0 Å². The highest BCUT2D eigenvalue weighted by atomic mass is 32.2. The number of aliphatic hydroxyl groups excluding tert-OH is 2. The number of aromatic nitrogens is 5. The van der Waals surface area contributed by atoms with Crippen LogP contribution in [-0.2, 0) is 63.7 Å². The number of phosphoric acid groups is 3. The predicted octanol–water partition coefficient (Wildman–Crippen LogP) is 2.23. The van der Waals surface area contributed by atoms with E-state index < -0.39 is 84.6 Å². The summed E-state index contributed by atoms with van der Waals surface area (Å²) in [5, 5.41) is 27.5. The quantitative estimate of drug-likeness (QED) is 0.0316. The van der Waals surface area contributed by atoms with Crippen molar-refractivity contribution in [3.8, 4) is 5.75 Å². The van der Waals surface area contributed by atoms with Crippen molar-refractivity contribution in [1.82, 2.24) is 34.7 Å². The molecule has 26 nitrogen and oxygen atoms in total. The van der Waals surface area contributed by atoms with E-state index in [1.165, 1.54) is 13.8 Å². The van der Waals surface area contributed by atoms with Crippen LogP contribution in [0.15, 0.2) is 61.2 Å². The van der Waals surface area contributed by atoms with E-state index in [1.807, 2.05) is 55.5 Å². The average molecular weight is 1060 g/mol. The maximum atomic E-state index is 13.2. The Bertz CT molecular complexity index is 2830. The predicted molar refractivity (Wildman–Crippen MR) is 250 cm³/mol. The number of carbonyl (C=O) groups excluding carboxylic acids is 3. The Kier molecular flexibility index (Phi) is 17.8. The first kappa shape index (κ1) is 54.7. The molecule has 30 heteroatoms. The molecule has 2 amide bonds. The Balaban J connectivity index is 0.919. The monoisotopic (exact) mass is 1060 g/mol. The summed E-state index contributed by atoms with van der Waals surface area (Å²) in [6, 6.07) is 15.7. The molecule has 0 bridgehead atoms. The van der Waals surface area contributed by atoms with Crippen LogP contribution in [0, 0.1) is 12.3 Å². The van der Waals surface area contributed by atoms with Gasteiger partial charge in [-0.3, -0.25) is 32.5 Å². The van der Waals surface area contributed by atoms with Gasteiger partial charge >= 0.3 is 23.5 Å². The summed E-state index contributed by atoms with van der Waals surface area (Å²) in [5.41, 5.74) is 8.15. The van der Waals surface area contributed by atoms with Crippen LogP contribution in [0.5, 0.6) is 5.75 Å². The van der Waals surface area contributed by atoms with Crippen molar-refractivity contribution < 1.29 is 85.2 Å². The zero-order valence-electron chi connectivity index (χ0n) is 38.0. The fraction of sp³-hybridized carbons (Fsp3) is 0.450. The van der Waals surface area contributed by atoms with Crippen molar-refractivity contribution in [3.63, 3.8) is 0 Å². The second-order valence-electron chi connectivity index (χ2n) is 16.5. The van der Waals surface area contributed by atoms with Gasteiger partial charge in [0.05, 0.1) is 26.7 Å². The fourth-order valence-electron chi connectivity index (χ4n) is 7.34. The molecule has 70 heavy (non-hydrogen) atoms. The molecule has 382 valence electrons. The van der Waals surface area contributed by atoms with Crippen molar-refractivity contribution in [3.05, 3.63) is 78.0 Å². The number of nitrogens with zero attached hydrogens (tertiary/aromatic N) is 5. The third-order valence-electron chi connectivity index (χ3n) is 10.9. The highest BCUT2D eigenvalue weighted by Crippen LogP contribution is 2.61. The number of hydrogen-bond donors (Lipinski definition) is 9. The largest absolute Gasteiger partial charge is 0.497 e. The van der Waals surface area contributed by atoms with Gasteiger partial charge in [-0.15, -0.1) is 0 Å². The number of hydrogen-bond acceptors (Lipinski definition) is 19. The van der Waals surface area contributed by atoms with E-state index in [9.17, 15) is 57.9 Å². The van der Waals surface area contributed by atoms with Crippen molar-refractivity contribution >= 4 is 80.0 Å². The molecule has 5 aromatic rings. The second kappa shape index (κ2) is 22.8. The summed E-state index contributed by atoms with van der Waals surface area (Å²) >= 11 is 1.06. The maximum Gasteiger partial charge on any atom is 0.481 e. The van der Waals surface area contributed by atoms with Gasteiger partial charge in [-0.25, -0.2) is 28.6 Å². The highest BCUT2D eigenvalue weighted by Gasteiger charge is 2.50. The molecule has 0 spiro atoms. The normalized spacial score (nSPS) is 19.7. The molecule has 1 saturated heterocycles. The third-order valence-corrected chi connectivity index (χ3v) is 14.9. The molecular weight excluding hydrogens is 1010 g/mol. The smallest absolute Gasteiger partial charge is 0.481 e. The van der Waals surface area contributed by atoms with Crippen LogP contribution in [0.1, 0.15) is 43.3 Å². The number of nitrogens with two attached hydrogens (primary N) is 1. The summed E-state index contributed by atoms with van der Waals surface area (Å²) in [6.07, 6.45) is -6.87. The van der Waals surface area contributed by atoms with Crippen molar-refractivity contribution in [2.75, 3.05) is 44.9 Å². The number of methoxy groups -OCH3 is 1. The van der Waals surface area contributed by atoms with Crippen molar-refractivity contribution in [1.29, 1.82) is 0 Å². The number of aliphatic hydroxyl groups is 2. The number of nitrogens with one attached hydrogen (secondary N) is 2. The number of anilines is 1. The molecule has 6 rings (SSSR count). The number of phosphoric ester groups is 3. The van der Waals surface area contributed by atoms with Gasteiger partial charge < -0.3 is 60.2 Å². The molecule has 1 aliphatic heterocycles. The van der Waals surface area contributed by atoms with Crippen LogP contribution in [-0.4, -0.2) is 134 Å². The zero-order valence-corrected chi connectivity index (χ0v) is 41.5. The summed E-state index contributed by atoms with van der Waals surface area (Å²) in [5.74, 6) is -0.558. The lowest BCUT2D eigenvalue weighted by Crippen LogP contribution is -2.46. The van der Waals surface area contributed by atoms with Crippen molar-refractivity contribution in [2.24, 2.45) is 5.41 Å². The molecule has 0 radical (unpaired) electrons. The molecular formula is C40H53N8O18P3S. The van der Waals surface area contributed by atoms with E-state index in [1.54, 1.807) is 7.11 Å². The highest BCUT2D eigenvalue weighted by molar-refractivity contribution is 8.13. The number of amides is 2. The number of ether oxygens (including phenoxy) is 2. The molecule has 7 atom stereocenters. The lowest BCUT2D eigenvalue weighted by atomic mass is 9.87. The number of rotatable bonds is 24. The molecule has 3 aromatic heterocycles. The van der Waals surface area contributed by atoms with Crippen LogP contribution in [0.2, 0.25) is 0 Å². The number of thioether (sulfide) groups is 1. The number of imidazole rings is 1. The van der Waals surface area contributed by atoms with E-state index in [0.29, 0.717) is 12.3 Å². The summed E-state index contributed by atoms with van der Waals surface area (Å²) in [4.78, 5) is 89.8. The standard InChI is InChI=1S/C40H53N8O18P3S/c1-23-26(27-16-25(61-4)10-11-28(27)47(23)18-24-8-6-5-7-9-24)17-31(50)70-15-14-42-30(49)12-13-43-38(53)35(52)40(2,3)20-63-69(59,60)66-68(57,58)62-19-29-34(65-67(54,55)56)33(51)39(64-29)48-22-46-32-36(41)44-21-45-37(32)48/h5-11,16,21-22,29,33-35,39,51-52H,12-15,17-20H2,1-4H3,(H,42,49)(H,43,53)(H,57,58)(H,59,60)(H2,41,44,45)(H2,54,55,56). The molecule has 1 aliphatic rings. The maximum absolute atomic E-state index is 13.2. The second-order valence-corrected chi connectivity index (χ2v) is 21.9. The number of carbonyl (C=O) groups is 3. The number of fused-ring (bicyclic) bond motifs is 2. The van der Waals surface area contributed by atoms with Crippen LogP contribution in [0.3, 0.4) is 0 Å². The van der Waals surface area contributed by atoms with E-state index in [2.05, 4.69) is 39.0 Å².